The van der Waals surface area contributed by atoms with E-state index in [1.165, 1.54) is 6.07 Å². The molecular weight excluding hydrogens is 333 g/mol. The van der Waals surface area contributed by atoms with Crippen molar-refractivity contribution in [1.29, 1.82) is 0 Å². The minimum absolute atomic E-state index is 0.0923. The van der Waals surface area contributed by atoms with Gasteiger partial charge >= 0.3 is 6.03 Å². The molecule has 6 nitrogen and oxygen atoms in total. The number of hydrogen-bond donors (Lipinski definition) is 2. The van der Waals surface area contributed by atoms with Crippen LogP contribution >= 0.6 is 11.8 Å². The number of nitrogens with zero attached hydrogens (tertiary/aromatic N) is 1. The topological polar surface area (TPSA) is 78.5 Å². The molecule has 1 aromatic rings. The first-order valence-corrected chi connectivity index (χ1v) is 8.84. The van der Waals surface area contributed by atoms with Gasteiger partial charge in [-0.25, -0.2) is 9.18 Å². The molecule has 2 aliphatic rings. The van der Waals surface area contributed by atoms with E-state index >= 15 is 0 Å². The third-order valence-corrected chi connectivity index (χ3v) is 5.35. The Morgan fingerprint density at radius 1 is 1.25 bits per heavy atom. The fourth-order valence-electron chi connectivity index (χ4n) is 3.08. The number of nitrogens with one attached hydrogen (secondary N) is 2. The van der Waals surface area contributed by atoms with Gasteiger partial charge in [0.15, 0.2) is 0 Å². The van der Waals surface area contributed by atoms with Gasteiger partial charge in [0.25, 0.3) is 5.91 Å². The molecular formula is C16H18FN3O3S. The van der Waals surface area contributed by atoms with Crippen molar-refractivity contribution in [2.24, 2.45) is 0 Å². The zero-order valence-electron chi connectivity index (χ0n) is 13.0. The molecule has 1 spiro atoms. The average Bonchev–Trinajstić information content (AvgIpc) is 2.79. The van der Waals surface area contributed by atoms with E-state index in [4.69, 9.17) is 0 Å². The summed E-state index contributed by atoms with van der Waals surface area (Å²) in [6.07, 6.45) is 3.96. The lowest BCUT2D eigenvalue weighted by atomic mass is 9.82. The molecule has 128 valence electrons. The van der Waals surface area contributed by atoms with Gasteiger partial charge in [0.2, 0.25) is 5.91 Å². The number of imide groups is 1. The summed E-state index contributed by atoms with van der Waals surface area (Å²) >= 11 is 1.01. The van der Waals surface area contributed by atoms with Crippen LogP contribution in [-0.4, -0.2) is 34.1 Å². The highest BCUT2D eigenvalue weighted by molar-refractivity contribution is 8.00. The first-order valence-electron chi connectivity index (χ1n) is 7.85. The molecule has 0 radical (unpaired) electrons. The summed E-state index contributed by atoms with van der Waals surface area (Å²) in [5.74, 6) is -1.44. The Morgan fingerprint density at radius 2 is 1.96 bits per heavy atom. The number of hydrazine groups is 1. The van der Waals surface area contributed by atoms with E-state index < -0.39 is 29.2 Å². The van der Waals surface area contributed by atoms with Crippen LogP contribution in [-0.2, 0) is 9.59 Å². The number of rotatable bonds is 4. The van der Waals surface area contributed by atoms with Gasteiger partial charge in [-0.2, -0.15) is 5.01 Å². The summed E-state index contributed by atoms with van der Waals surface area (Å²) in [5, 5.41) is 3.47. The molecule has 0 atom stereocenters. The number of carbonyl (C=O) groups excluding carboxylic acids is 3. The van der Waals surface area contributed by atoms with Gasteiger partial charge in [-0.15, -0.1) is 11.8 Å². The normalized spacial score (nSPS) is 19.5. The number of amides is 4. The maximum atomic E-state index is 13.5. The van der Waals surface area contributed by atoms with Crippen LogP contribution < -0.4 is 10.7 Å². The molecule has 2 N–H and O–H groups in total. The summed E-state index contributed by atoms with van der Waals surface area (Å²) < 4.78 is 13.5. The summed E-state index contributed by atoms with van der Waals surface area (Å²) in [5.41, 5.74) is 1.46. The van der Waals surface area contributed by atoms with E-state index in [9.17, 15) is 18.8 Å². The van der Waals surface area contributed by atoms with Gasteiger partial charge in [0, 0.05) is 4.90 Å². The number of halogens is 1. The van der Waals surface area contributed by atoms with Crippen LogP contribution in [0.25, 0.3) is 0 Å². The van der Waals surface area contributed by atoms with Crippen LogP contribution in [0.4, 0.5) is 9.18 Å². The fourth-order valence-corrected chi connectivity index (χ4v) is 3.81. The van der Waals surface area contributed by atoms with Gasteiger partial charge < -0.3 is 5.32 Å². The van der Waals surface area contributed by atoms with E-state index in [-0.39, 0.29) is 5.75 Å². The third-order valence-electron chi connectivity index (χ3n) is 4.30. The van der Waals surface area contributed by atoms with Crippen LogP contribution in [0.15, 0.2) is 29.2 Å². The zero-order valence-corrected chi connectivity index (χ0v) is 13.8. The van der Waals surface area contributed by atoms with Crippen LogP contribution in [0.1, 0.15) is 32.1 Å². The van der Waals surface area contributed by atoms with Gasteiger partial charge in [0.1, 0.15) is 11.4 Å². The van der Waals surface area contributed by atoms with Crippen LogP contribution in [0, 0.1) is 5.82 Å². The van der Waals surface area contributed by atoms with Crippen molar-refractivity contribution in [3.63, 3.8) is 0 Å². The minimum Gasteiger partial charge on any atom is -0.322 e. The van der Waals surface area contributed by atoms with E-state index in [1.807, 2.05) is 0 Å². The molecule has 24 heavy (non-hydrogen) atoms. The molecule has 0 unspecified atom stereocenters. The summed E-state index contributed by atoms with van der Waals surface area (Å²) in [4.78, 5) is 36.9. The van der Waals surface area contributed by atoms with Crippen molar-refractivity contribution in [2.75, 3.05) is 5.75 Å². The lowest BCUT2D eigenvalue weighted by Gasteiger charge is -2.30. The van der Waals surface area contributed by atoms with Crippen molar-refractivity contribution < 1.29 is 18.8 Å². The largest absolute Gasteiger partial charge is 0.344 e. The lowest BCUT2D eigenvalue weighted by Crippen LogP contribution is -2.51. The highest BCUT2D eigenvalue weighted by atomic mass is 32.2. The Labute approximate surface area is 143 Å². The monoisotopic (exact) mass is 351 g/mol. The van der Waals surface area contributed by atoms with E-state index in [1.54, 1.807) is 18.2 Å². The molecule has 1 aliphatic heterocycles. The van der Waals surface area contributed by atoms with Crippen LogP contribution in [0.3, 0.4) is 0 Å². The number of thioether (sulfide) groups is 1. The zero-order chi connectivity index (χ0) is 17.2. The standard InChI is InChI=1S/C16H18FN3O3S/c17-11-6-2-3-7-12(11)24-10-13(21)19-20-14(22)16(18-15(20)23)8-4-1-5-9-16/h2-3,6-7H,1,4-5,8-10H2,(H,18,23)(H,19,21). The molecule has 1 aliphatic carbocycles. The van der Waals surface area contributed by atoms with Crippen molar-refractivity contribution in [3.05, 3.63) is 30.1 Å². The maximum Gasteiger partial charge on any atom is 0.344 e. The predicted molar refractivity (Wildman–Crippen MR) is 86.5 cm³/mol. The SMILES string of the molecule is O=C(CSc1ccccc1F)NN1C(=O)NC2(CCCCC2)C1=O. The number of urea groups is 1. The van der Waals surface area contributed by atoms with Gasteiger partial charge in [-0.1, -0.05) is 31.4 Å². The van der Waals surface area contributed by atoms with Crippen molar-refractivity contribution in [2.45, 2.75) is 42.5 Å². The average molecular weight is 351 g/mol. The third kappa shape index (κ3) is 3.24. The second-order valence-electron chi connectivity index (χ2n) is 5.97. The second kappa shape index (κ2) is 6.80. The first-order chi connectivity index (χ1) is 11.5. The van der Waals surface area contributed by atoms with Gasteiger partial charge in [-0.3, -0.25) is 15.0 Å². The molecule has 0 aromatic heterocycles. The second-order valence-corrected chi connectivity index (χ2v) is 6.98. The first kappa shape index (κ1) is 16.8. The Hall–Kier alpha value is -2.09. The molecule has 1 aromatic carbocycles. The van der Waals surface area contributed by atoms with Crippen LogP contribution in [0.5, 0.6) is 0 Å². The maximum absolute atomic E-state index is 13.5. The Balaban J connectivity index is 1.59. The summed E-state index contributed by atoms with van der Waals surface area (Å²) in [6, 6.07) is 5.51. The fraction of sp³-hybridized carbons (Fsp3) is 0.438. The Bertz CT molecular complexity index is 676. The Kier molecular flexibility index (Phi) is 4.75. The predicted octanol–water partition coefficient (Wildman–Crippen LogP) is 2.20. The minimum atomic E-state index is -0.874. The summed E-state index contributed by atoms with van der Waals surface area (Å²) in [7, 11) is 0. The van der Waals surface area contributed by atoms with Crippen molar-refractivity contribution >= 4 is 29.6 Å². The molecule has 1 heterocycles. The van der Waals surface area contributed by atoms with E-state index in [0.29, 0.717) is 17.7 Å². The quantitative estimate of drug-likeness (QED) is 0.644. The van der Waals surface area contributed by atoms with Crippen molar-refractivity contribution in [3.8, 4) is 0 Å². The van der Waals surface area contributed by atoms with E-state index in [0.717, 1.165) is 36.0 Å². The smallest absolute Gasteiger partial charge is 0.322 e. The van der Waals surface area contributed by atoms with Gasteiger partial charge in [-0.05, 0) is 25.0 Å². The molecule has 2 fully saturated rings. The molecule has 8 heteroatoms. The van der Waals surface area contributed by atoms with Crippen LogP contribution in [0.2, 0.25) is 0 Å². The van der Waals surface area contributed by atoms with Gasteiger partial charge in [0.05, 0.1) is 5.75 Å². The highest BCUT2D eigenvalue weighted by Gasteiger charge is 2.52. The molecule has 3 rings (SSSR count). The molecule has 4 amide bonds. The molecule has 0 bridgehead atoms. The van der Waals surface area contributed by atoms with Crippen molar-refractivity contribution in [1.82, 2.24) is 15.8 Å². The van der Waals surface area contributed by atoms with E-state index in [2.05, 4.69) is 10.7 Å². The Morgan fingerprint density at radius 3 is 2.67 bits per heavy atom. The highest BCUT2D eigenvalue weighted by Crippen LogP contribution is 2.33. The number of benzene rings is 1. The lowest BCUT2D eigenvalue weighted by molar-refractivity contribution is -0.139. The number of hydrogen-bond acceptors (Lipinski definition) is 4. The molecule has 1 saturated heterocycles. The summed E-state index contributed by atoms with van der Waals surface area (Å²) in [6.45, 7) is 0. The molecule has 1 saturated carbocycles. The number of carbonyl (C=O) groups is 3.